The number of aromatic amines is 2. The molecule has 2 fully saturated rings. The quantitative estimate of drug-likeness (QED) is 0.121. The van der Waals surface area contributed by atoms with E-state index in [2.05, 4.69) is 20.9 Å². The zero-order valence-electron chi connectivity index (χ0n) is 36.6. The standard InChI is InChI=1S/C47H54N6O11/c1-29(26-48)40-36(63-44(42(40)61-6)53-25-22-39(55)50-46(53)57)27-51(2)23-20-35-37(64-43(41(35)60-5)52-24-21-38(54)49-45(52)56)28-62-47(30-10-8-7-9-11-30,31-12-16-33(58-3)17-13-31)32-14-18-34(59-4)19-15-32/h7-19,21-22,24-25,29,35-37,40-44H,20,23,27-28H2,1-6H3,(H,49,54,56)(H,50,55,57)/t29?,35-,36+,37-,40-,41-,42-,43-,44-/m1/s1. The molecule has 4 heterocycles. The number of rotatable bonds is 18. The molecular weight excluding hydrogens is 825 g/mol. The lowest BCUT2D eigenvalue weighted by molar-refractivity contribution is -0.0932. The normalized spacial score (nSPS) is 23.8. The van der Waals surface area contributed by atoms with Gasteiger partial charge in [-0.25, -0.2) is 9.59 Å². The predicted molar refractivity (Wildman–Crippen MR) is 234 cm³/mol. The number of H-pyrrole nitrogens is 2. The van der Waals surface area contributed by atoms with Crippen LogP contribution in [0.5, 0.6) is 11.5 Å². The van der Waals surface area contributed by atoms with Gasteiger partial charge in [-0.3, -0.25) is 28.7 Å². The van der Waals surface area contributed by atoms with Crippen LogP contribution in [-0.4, -0.2) is 104 Å². The molecule has 0 bridgehead atoms. The molecular formula is C47H54N6O11. The van der Waals surface area contributed by atoms with E-state index in [-0.39, 0.29) is 12.5 Å². The number of aromatic nitrogens is 4. The average Bonchev–Trinajstić information content (AvgIpc) is 3.85. The summed E-state index contributed by atoms with van der Waals surface area (Å²) in [5.74, 6) is 0.0512. The summed E-state index contributed by atoms with van der Waals surface area (Å²) in [5, 5.41) is 10.1. The zero-order valence-corrected chi connectivity index (χ0v) is 36.6. The zero-order chi connectivity index (χ0) is 45.5. The lowest BCUT2D eigenvalue weighted by Crippen LogP contribution is -2.41. The van der Waals surface area contributed by atoms with Crippen LogP contribution in [0.25, 0.3) is 0 Å². The van der Waals surface area contributed by atoms with Crippen LogP contribution in [0, 0.1) is 29.1 Å². The lowest BCUT2D eigenvalue weighted by atomic mass is 9.79. The number of ether oxygens (including phenoxy) is 7. The Bertz CT molecular complexity index is 2560. The Morgan fingerprint density at radius 3 is 1.70 bits per heavy atom. The van der Waals surface area contributed by atoms with Crippen LogP contribution in [0.2, 0.25) is 0 Å². The third-order valence-electron chi connectivity index (χ3n) is 12.4. The highest BCUT2D eigenvalue weighted by molar-refractivity contribution is 5.49. The van der Waals surface area contributed by atoms with E-state index in [9.17, 15) is 24.4 Å². The molecule has 2 aromatic heterocycles. The van der Waals surface area contributed by atoms with Crippen molar-refractivity contribution in [2.75, 3.05) is 55.2 Å². The molecule has 9 atom stereocenters. The molecule has 2 aliphatic heterocycles. The van der Waals surface area contributed by atoms with Crippen LogP contribution in [0.4, 0.5) is 0 Å². The van der Waals surface area contributed by atoms with Crippen LogP contribution >= 0.6 is 0 Å². The van der Waals surface area contributed by atoms with Gasteiger partial charge in [0.15, 0.2) is 12.5 Å². The van der Waals surface area contributed by atoms with Crippen molar-refractivity contribution in [3.05, 3.63) is 162 Å². The second kappa shape index (κ2) is 20.1. The maximum atomic E-state index is 13.3. The maximum absolute atomic E-state index is 13.3. The van der Waals surface area contributed by atoms with Crippen molar-refractivity contribution in [1.82, 2.24) is 24.0 Å². The Hall–Kier alpha value is -6.13. The molecule has 2 N–H and O–H groups in total. The molecule has 3 aromatic carbocycles. The van der Waals surface area contributed by atoms with Gasteiger partial charge in [-0.2, -0.15) is 5.26 Å². The summed E-state index contributed by atoms with van der Waals surface area (Å²) in [4.78, 5) is 56.9. The van der Waals surface area contributed by atoms with Crippen LogP contribution in [0.15, 0.2) is 123 Å². The lowest BCUT2D eigenvalue weighted by Gasteiger charge is -2.37. The number of hydrogen-bond acceptors (Lipinski definition) is 13. The Morgan fingerprint density at radius 1 is 0.719 bits per heavy atom. The Balaban J connectivity index is 1.22. The molecule has 0 saturated carbocycles. The van der Waals surface area contributed by atoms with Gasteiger partial charge in [-0.05, 0) is 67.9 Å². The molecule has 0 amide bonds. The summed E-state index contributed by atoms with van der Waals surface area (Å²) < 4.78 is 46.3. The summed E-state index contributed by atoms with van der Waals surface area (Å²) in [7, 11) is 8.22. The first-order valence-electron chi connectivity index (χ1n) is 21.0. The molecule has 0 spiro atoms. The minimum atomic E-state index is -1.17. The van der Waals surface area contributed by atoms with E-state index in [0.717, 1.165) is 16.7 Å². The fraction of sp³-hybridized carbons (Fsp3) is 0.426. The Labute approximate surface area is 369 Å². The van der Waals surface area contributed by atoms with E-state index in [1.807, 2.05) is 85.9 Å². The first-order chi connectivity index (χ1) is 30.9. The molecule has 5 aromatic rings. The number of nitriles is 1. The van der Waals surface area contributed by atoms with E-state index in [1.165, 1.54) is 40.8 Å². The van der Waals surface area contributed by atoms with Gasteiger partial charge in [0.2, 0.25) is 0 Å². The minimum absolute atomic E-state index is 0.0361. The van der Waals surface area contributed by atoms with Gasteiger partial charge in [-0.1, -0.05) is 54.6 Å². The number of likely N-dealkylation sites (N-methyl/N-ethyl adjacent to an activating group) is 1. The summed E-state index contributed by atoms with van der Waals surface area (Å²) in [5.41, 5.74) is -1.05. The number of benzene rings is 3. The van der Waals surface area contributed by atoms with Gasteiger partial charge in [-0.15, -0.1) is 0 Å². The molecule has 17 nitrogen and oxygen atoms in total. The summed E-state index contributed by atoms with van der Waals surface area (Å²) in [6, 6.07) is 30.1. The fourth-order valence-corrected chi connectivity index (χ4v) is 9.22. The molecule has 2 saturated heterocycles. The first-order valence-corrected chi connectivity index (χ1v) is 21.0. The second-order valence-corrected chi connectivity index (χ2v) is 16.1. The third kappa shape index (κ3) is 9.25. The number of hydrogen-bond donors (Lipinski definition) is 2. The van der Waals surface area contributed by atoms with Crippen molar-refractivity contribution in [1.29, 1.82) is 5.26 Å². The van der Waals surface area contributed by atoms with Crippen LogP contribution in [0.1, 0.15) is 42.5 Å². The van der Waals surface area contributed by atoms with Gasteiger partial charge >= 0.3 is 11.4 Å². The van der Waals surface area contributed by atoms with Crippen molar-refractivity contribution < 1.29 is 33.2 Å². The molecule has 7 rings (SSSR count). The van der Waals surface area contributed by atoms with Crippen molar-refractivity contribution >= 4 is 0 Å². The van der Waals surface area contributed by atoms with Crippen LogP contribution in [-0.2, 0) is 29.3 Å². The molecule has 17 heteroatoms. The van der Waals surface area contributed by atoms with Crippen molar-refractivity contribution in [2.24, 2.45) is 17.8 Å². The molecule has 64 heavy (non-hydrogen) atoms. The number of nitrogens with zero attached hydrogens (tertiary/aromatic N) is 4. The van der Waals surface area contributed by atoms with Crippen LogP contribution in [0.3, 0.4) is 0 Å². The smallest absolute Gasteiger partial charge is 0.330 e. The van der Waals surface area contributed by atoms with Gasteiger partial charge in [0.1, 0.15) is 29.3 Å². The van der Waals surface area contributed by atoms with Crippen LogP contribution < -0.4 is 32.0 Å². The van der Waals surface area contributed by atoms with Gasteiger partial charge < -0.3 is 38.1 Å². The highest BCUT2D eigenvalue weighted by atomic mass is 16.6. The van der Waals surface area contributed by atoms with E-state index in [0.29, 0.717) is 31.0 Å². The molecule has 0 radical (unpaired) electrons. The monoisotopic (exact) mass is 878 g/mol. The molecule has 2 aliphatic rings. The molecule has 1 unspecified atom stereocenters. The summed E-state index contributed by atoms with van der Waals surface area (Å²) >= 11 is 0. The third-order valence-corrected chi connectivity index (χ3v) is 12.4. The predicted octanol–water partition coefficient (Wildman–Crippen LogP) is 3.65. The average molecular weight is 879 g/mol. The topological polar surface area (TPSA) is 201 Å². The molecule has 338 valence electrons. The summed E-state index contributed by atoms with van der Waals surface area (Å²) in [6.07, 6.45) is -1.09. The van der Waals surface area contributed by atoms with Crippen molar-refractivity contribution in [3.8, 4) is 17.6 Å². The first kappa shape index (κ1) is 45.9. The van der Waals surface area contributed by atoms with Crippen molar-refractivity contribution in [3.63, 3.8) is 0 Å². The highest BCUT2D eigenvalue weighted by Crippen LogP contribution is 2.45. The largest absolute Gasteiger partial charge is 0.497 e. The second-order valence-electron chi connectivity index (χ2n) is 16.1. The Kier molecular flexibility index (Phi) is 14.4. The number of methoxy groups -OCH3 is 4. The minimum Gasteiger partial charge on any atom is -0.497 e. The van der Waals surface area contributed by atoms with Gasteiger partial charge in [0.25, 0.3) is 11.1 Å². The van der Waals surface area contributed by atoms with Gasteiger partial charge in [0.05, 0.1) is 45.0 Å². The van der Waals surface area contributed by atoms with Gasteiger partial charge in [0, 0.05) is 57.1 Å². The summed E-state index contributed by atoms with van der Waals surface area (Å²) in [6.45, 7) is 2.66. The van der Waals surface area contributed by atoms with E-state index < -0.39 is 76.8 Å². The van der Waals surface area contributed by atoms with Crippen molar-refractivity contribution in [2.45, 2.75) is 55.8 Å². The van der Waals surface area contributed by atoms with E-state index >= 15 is 0 Å². The maximum Gasteiger partial charge on any atom is 0.330 e. The SMILES string of the molecule is COc1ccc(C(OC[C@H]2O[C@@H](n3ccc(=O)[nH]c3=O)[C@H](OC)[C@@H]2CCN(C)C[C@@H]2O[C@@H](n3ccc(=O)[nH]c3=O)[C@H](OC)[C@@H]2C(C)C#N)(c2ccccc2)c2ccc(OC)cc2)cc1. The fourth-order valence-electron chi connectivity index (χ4n) is 9.22. The molecule has 0 aliphatic carbocycles. The highest BCUT2D eigenvalue weighted by Gasteiger charge is 2.50. The van der Waals surface area contributed by atoms with E-state index in [4.69, 9.17) is 33.2 Å². The Morgan fingerprint density at radius 2 is 1.22 bits per heavy atom. The number of nitrogens with one attached hydrogen (secondary N) is 2. The van der Waals surface area contributed by atoms with E-state index in [1.54, 1.807) is 28.3 Å².